The zero-order valence-electron chi connectivity index (χ0n) is 10.9. The zero-order chi connectivity index (χ0) is 13.8. The Morgan fingerprint density at radius 1 is 1.10 bits per heavy atom. The van der Waals surface area contributed by atoms with E-state index < -0.39 is 0 Å². The van der Waals surface area contributed by atoms with Gasteiger partial charge in [-0.3, -0.25) is 0 Å². The van der Waals surface area contributed by atoms with Gasteiger partial charge in [-0.25, -0.2) is 0 Å². The predicted octanol–water partition coefficient (Wildman–Crippen LogP) is 4.62. The number of nitriles is 1. The van der Waals surface area contributed by atoms with Gasteiger partial charge in [-0.1, -0.05) is 30.3 Å². The molecule has 98 valence electrons. The fraction of sp³-hybridized carbons (Fsp3) is 0.118. The lowest BCUT2D eigenvalue weighted by atomic mass is 10.0. The summed E-state index contributed by atoms with van der Waals surface area (Å²) in [6.07, 6.45) is 0. The summed E-state index contributed by atoms with van der Waals surface area (Å²) in [5.74, 6) is -0.130. The molecule has 1 N–H and O–H groups in total. The number of rotatable bonds is 4. The minimum absolute atomic E-state index is 0.130. The van der Waals surface area contributed by atoms with Crippen molar-refractivity contribution in [3.05, 3.63) is 65.5 Å². The van der Waals surface area contributed by atoms with E-state index in [0.29, 0.717) is 6.54 Å². The molecule has 0 bridgehead atoms. The fourth-order valence-electron chi connectivity index (χ4n) is 2.22. The number of hydrogen-bond donors (Lipinski definition) is 1. The van der Waals surface area contributed by atoms with E-state index in [4.69, 9.17) is 0 Å². The Labute approximate surface area is 122 Å². The van der Waals surface area contributed by atoms with E-state index in [2.05, 4.69) is 41.0 Å². The first-order valence-corrected chi connectivity index (χ1v) is 7.40. The average Bonchev–Trinajstić information content (AvgIpc) is 2.96. The summed E-state index contributed by atoms with van der Waals surface area (Å²) >= 11 is 1.74. The van der Waals surface area contributed by atoms with Crippen LogP contribution in [-0.4, -0.2) is 6.54 Å². The Morgan fingerprint density at radius 2 is 1.95 bits per heavy atom. The van der Waals surface area contributed by atoms with Crippen LogP contribution >= 0.6 is 11.3 Å². The van der Waals surface area contributed by atoms with Gasteiger partial charge in [0, 0.05) is 16.9 Å². The highest BCUT2D eigenvalue weighted by Gasteiger charge is 2.09. The topological polar surface area (TPSA) is 35.8 Å². The molecule has 1 unspecified atom stereocenters. The normalized spacial score (nSPS) is 11.9. The summed E-state index contributed by atoms with van der Waals surface area (Å²) in [6, 6.07) is 20.7. The van der Waals surface area contributed by atoms with Crippen molar-refractivity contribution in [2.24, 2.45) is 0 Å². The Kier molecular flexibility index (Phi) is 3.67. The highest BCUT2D eigenvalue weighted by Crippen LogP contribution is 2.24. The third-order valence-electron chi connectivity index (χ3n) is 3.32. The monoisotopic (exact) mass is 278 g/mol. The lowest BCUT2D eigenvalue weighted by Crippen LogP contribution is -2.10. The molecule has 1 atom stereocenters. The number of nitrogens with zero attached hydrogens (tertiary/aromatic N) is 1. The highest BCUT2D eigenvalue weighted by atomic mass is 32.1. The molecule has 1 heterocycles. The van der Waals surface area contributed by atoms with Gasteiger partial charge in [-0.05, 0) is 40.6 Å². The lowest BCUT2D eigenvalue weighted by molar-refractivity contribution is 0.901. The summed E-state index contributed by atoms with van der Waals surface area (Å²) in [4.78, 5) is 0. The molecule has 2 nitrogen and oxygen atoms in total. The lowest BCUT2D eigenvalue weighted by Gasteiger charge is -2.12. The molecule has 3 heteroatoms. The van der Waals surface area contributed by atoms with Crippen LogP contribution in [0.3, 0.4) is 0 Å². The van der Waals surface area contributed by atoms with Crippen LogP contribution in [0.5, 0.6) is 0 Å². The molecule has 1 aromatic heterocycles. The molecular formula is C17H14N2S. The smallest absolute Gasteiger partial charge is 0.0885 e. The number of nitrogens with one attached hydrogen (secondary N) is 1. The number of benzene rings is 2. The first kappa shape index (κ1) is 12.7. The second-order valence-corrected chi connectivity index (χ2v) is 5.59. The Bertz CT molecular complexity index is 740. The van der Waals surface area contributed by atoms with Crippen LogP contribution in [0.1, 0.15) is 11.5 Å². The maximum Gasteiger partial charge on any atom is 0.0885 e. The summed E-state index contributed by atoms with van der Waals surface area (Å²) in [7, 11) is 0. The zero-order valence-corrected chi connectivity index (χ0v) is 11.7. The van der Waals surface area contributed by atoms with Crippen molar-refractivity contribution in [2.75, 3.05) is 11.9 Å². The molecule has 20 heavy (non-hydrogen) atoms. The molecule has 0 aliphatic carbocycles. The molecule has 0 aliphatic heterocycles. The standard InChI is InChI=1S/C17H14N2S/c18-11-15(13-4-2-1-3-5-13)12-19-16-6-7-17-14(10-16)8-9-20-17/h1-10,15,19H,12H2. The number of fused-ring (bicyclic) bond motifs is 1. The molecule has 0 amide bonds. The molecular weight excluding hydrogens is 264 g/mol. The third-order valence-corrected chi connectivity index (χ3v) is 4.22. The summed E-state index contributed by atoms with van der Waals surface area (Å²) < 4.78 is 1.29. The largest absolute Gasteiger partial charge is 0.383 e. The van der Waals surface area contributed by atoms with Gasteiger partial charge >= 0.3 is 0 Å². The van der Waals surface area contributed by atoms with Crippen molar-refractivity contribution < 1.29 is 0 Å². The van der Waals surface area contributed by atoms with Gasteiger partial charge in [0.25, 0.3) is 0 Å². The van der Waals surface area contributed by atoms with E-state index in [0.717, 1.165) is 11.3 Å². The SMILES string of the molecule is N#CC(CNc1ccc2sccc2c1)c1ccccc1. The van der Waals surface area contributed by atoms with Crippen LogP contribution in [0, 0.1) is 11.3 Å². The minimum Gasteiger partial charge on any atom is -0.383 e. The molecule has 0 spiro atoms. The molecule has 0 fully saturated rings. The highest BCUT2D eigenvalue weighted by molar-refractivity contribution is 7.17. The van der Waals surface area contributed by atoms with Crippen molar-refractivity contribution in [2.45, 2.75) is 5.92 Å². The van der Waals surface area contributed by atoms with Gasteiger partial charge < -0.3 is 5.32 Å². The predicted molar refractivity (Wildman–Crippen MR) is 85.1 cm³/mol. The summed E-state index contributed by atoms with van der Waals surface area (Å²) in [6.45, 7) is 0.621. The quantitative estimate of drug-likeness (QED) is 0.755. The van der Waals surface area contributed by atoms with Gasteiger partial charge in [0.15, 0.2) is 0 Å². The molecule has 0 radical (unpaired) electrons. The van der Waals surface area contributed by atoms with Crippen molar-refractivity contribution in [1.29, 1.82) is 5.26 Å². The van der Waals surface area contributed by atoms with E-state index in [1.54, 1.807) is 11.3 Å². The minimum atomic E-state index is -0.130. The average molecular weight is 278 g/mol. The van der Waals surface area contributed by atoms with Crippen molar-refractivity contribution in [3.8, 4) is 6.07 Å². The fourth-order valence-corrected chi connectivity index (χ4v) is 2.99. The molecule has 3 aromatic rings. The van der Waals surface area contributed by atoms with E-state index in [1.165, 1.54) is 10.1 Å². The Balaban J connectivity index is 1.73. The number of thiophene rings is 1. The maximum atomic E-state index is 9.31. The first-order valence-electron chi connectivity index (χ1n) is 6.52. The van der Waals surface area contributed by atoms with E-state index in [-0.39, 0.29) is 5.92 Å². The molecule has 2 aromatic carbocycles. The second-order valence-electron chi connectivity index (χ2n) is 4.65. The molecule has 0 saturated heterocycles. The molecule has 0 saturated carbocycles. The van der Waals surface area contributed by atoms with Crippen LogP contribution in [0.4, 0.5) is 5.69 Å². The summed E-state index contributed by atoms with van der Waals surface area (Å²) in [5.41, 5.74) is 2.12. The second kappa shape index (κ2) is 5.77. The number of hydrogen-bond acceptors (Lipinski definition) is 3. The van der Waals surface area contributed by atoms with Crippen molar-refractivity contribution in [3.63, 3.8) is 0 Å². The van der Waals surface area contributed by atoms with Crippen LogP contribution < -0.4 is 5.32 Å². The third kappa shape index (κ3) is 2.66. The summed E-state index contributed by atoms with van der Waals surface area (Å²) in [5, 5.41) is 16.0. The molecule has 3 rings (SSSR count). The van der Waals surface area contributed by atoms with Crippen LogP contribution in [0.15, 0.2) is 60.0 Å². The van der Waals surface area contributed by atoms with Gasteiger partial charge in [-0.15, -0.1) is 11.3 Å². The van der Waals surface area contributed by atoms with Gasteiger partial charge in [-0.2, -0.15) is 5.26 Å². The maximum absolute atomic E-state index is 9.31. The Hall–Kier alpha value is -2.31. The van der Waals surface area contributed by atoms with E-state index in [1.807, 2.05) is 30.3 Å². The van der Waals surface area contributed by atoms with Gasteiger partial charge in [0.2, 0.25) is 0 Å². The van der Waals surface area contributed by atoms with E-state index in [9.17, 15) is 5.26 Å². The molecule has 0 aliphatic rings. The van der Waals surface area contributed by atoms with Crippen LogP contribution in [-0.2, 0) is 0 Å². The van der Waals surface area contributed by atoms with Gasteiger partial charge in [0.1, 0.15) is 0 Å². The van der Waals surface area contributed by atoms with Gasteiger partial charge in [0.05, 0.1) is 12.0 Å². The first-order chi connectivity index (χ1) is 9.86. The van der Waals surface area contributed by atoms with Crippen molar-refractivity contribution in [1.82, 2.24) is 0 Å². The van der Waals surface area contributed by atoms with Crippen LogP contribution in [0.25, 0.3) is 10.1 Å². The van der Waals surface area contributed by atoms with Crippen LogP contribution in [0.2, 0.25) is 0 Å². The number of anilines is 1. The van der Waals surface area contributed by atoms with E-state index >= 15 is 0 Å². The Morgan fingerprint density at radius 3 is 2.75 bits per heavy atom. The van der Waals surface area contributed by atoms with Crippen molar-refractivity contribution >= 4 is 27.1 Å².